The van der Waals surface area contributed by atoms with Crippen LogP contribution in [0.1, 0.15) is 29.7 Å². The fraction of sp³-hybridized carbons (Fsp3) is 0.409. The molecular weight excluding hydrogens is 447 g/mol. The van der Waals surface area contributed by atoms with Crippen LogP contribution < -0.4 is 10.6 Å². The minimum atomic E-state index is -2.59. The Hall–Kier alpha value is -2.65. The second kappa shape index (κ2) is 8.71. The number of rotatable bonds is 6. The zero-order valence-corrected chi connectivity index (χ0v) is 17.8. The highest BCUT2D eigenvalue weighted by atomic mass is 35.5. The van der Waals surface area contributed by atoms with E-state index in [1.165, 1.54) is 25.4 Å². The molecule has 2 aromatic rings. The van der Waals surface area contributed by atoms with E-state index in [2.05, 4.69) is 15.6 Å². The van der Waals surface area contributed by atoms with Crippen molar-refractivity contribution in [1.82, 2.24) is 15.6 Å². The van der Waals surface area contributed by atoms with Crippen molar-refractivity contribution < 1.29 is 27.5 Å². The summed E-state index contributed by atoms with van der Waals surface area (Å²) in [4.78, 5) is 29.2. The number of ether oxygens (including phenoxy) is 1. The maximum atomic E-state index is 15.1. The van der Waals surface area contributed by atoms with Crippen LogP contribution in [0.15, 0.2) is 36.5 Å². The molecule has 2 aliphatic rings. The quantitative estimate of drug-likeness (QED) is 0.684. The summed E-state index contributed by atoms with van der Waals surface area (Å²) in [6.07, 6.45) is -1.14. The Balaban J connectivity index is 1.78. The molecule has 0 radical (unpaired) electrons. The molecule has 4 atom stereocenters. The Morgan fingerprint density at radius 1 is 1.28 bits per heavy atom. The number of aromatic nitrogens is 1. The average molecular weight is 468 g/mol. The minimum Gasteiger partial charge on any atom is -0.381 e. The van der Waals surface area contributed by atoms with Gasteiger partial charge in [0, 0.05) is 24.8 Å². The van der Waals surface area contributed by atoms with Gasteiger partial charge in [-0.05, 0) is 24.5 Å². The predicted octanol–water partition coefficient (Wildman–Crippen LogP) is 2.94. The summed E-state index contributed by atoms with van der Waals surface area (Å²) in [5.74, 6) is -2.02. The first-order valence-corrected chi connectivity index (χ1v) is 10.4. The Morgan fingerprint density at radius 2 is 2.00 bits per heavy atom. The second-order valence-corrected chi connectivity index (χ2v) is 8.51. The number of nitrogens with zero attached hydrogens (tertiary/aromatic N) is 1. The van der Waals surface area contributed by atoms with Gasteiger partial charge in [-0.1, -0.05) is 35.9 Å². The van der Waals surface area contributed by atoms with Gasteiger partial charge in [0.15, 0.2) is 0 Å². The molecule has 1 aliphatic carbocycles. The van der Waals surface area contributed by atoms with E-state index in [1.54, 1.807) is 12.1 Å². The smallest absolute Gasteiger partial charge is 0.263 e. The standard InChI is InChI=1S/C22H21ClF3N3O3/c1-32-16-8-22(18-15(24)7-13(23)9-27-18,19-21(31)28-10-17(30)29-19)14(16)6-11-2-4-12(5-3-11)20(25)26/h2-5,7,9,14,16,19-20H,6,8,10H2,1H3,(H,28,31)(H,29,30)/t14-,16+,19?,22-/m0/s1. The Kier molecular flexibility index (Phi) is 6.13. The number of hydrogen-bond donors (Lipinski definition) is 2. The number of carbonyl (C=O) groups excluding carboxylic acids is 2. The number of carbonyl (C=O) groups is 2. The van der Waals surface area contributed by atoms with Crippen molar-refractivity contribution in [3.05, 3.63) is 64.2 Å². The van der Waals surface area contributed by atoms with Gasteiger partial charge in [0.05, 0.1) is 28.8 Å². The lowest BCUT2D eigenvalue weighted by molar-refractivity contribution is -0.147. The van der Waals surface area contributed by atoms with Crippen LogP contribution in [0, 0.1) is 11.7 Å². The van der Waals surface area contributed by atoms with Crippen LogP contribution in [0.4, 0.5) is 13.2 Å². The van der Waals surface area contributed by atoms with Crippen molar-refractivity contribution in [3.8, 4) is 0 Å². The fourth-order valence-electron chi connectivity index (χ4n) is 4.82. The summed E-state index contributed by atoms with van der Waals surface area (Å²) in [6.45, 7) is -0.171. The highest BCUT2D eigenvalue weighted by Crippen LogP contribution is 2.54. The maximum absolute atomic E-state index is 15.1. The largest absolute Gasteiger partial charge is 0.381 e. The molecule has 1 saturated carbocycles. The Morgan fingerprint density at radius 3 is 2.62 bits per heavy atom. The Bertz CT molecular complexity index is 1040. The van der Waals surface area contributed by atoms with Crippen molar-refractivity contribution in [2.45, 2.75) is 36.8 Å². The van der Waals surface area contributed by atoms with Crippen LogP contribution in [0.5, 0.6) is 0 Å². The van der Waals surface area contributed by atoms with E-state index >= 15 is 4.39 Å². The average Bonchev–Trinajstić information content (AvgIpc) is 2.75. The third-order valence-electron chi connectivity index (χ3n) is 6.39. The summed E-state index contributed by atoms with van der Waals surface area (Å²) in [5.41, 5.74) is -0.605. The molecule has 2 fully saturated rings. The molecule has 32 heavy (non-hydrogen) atoms. The van der Waals surface area contributed by atoms with E-state index in [-0.39, 0.29) is 35.3 Å². The SMILES string of the molecule is CO[C@@H]1C[C@](c2ncc(Cl)cc2F)(C2NC(=O)CNC2=O)[C@H]1Cc1ccc(C(F)F)cc1. The molecule has 1 unspecified atom stereocenters. The zero-order valence-electron chi connectivity index (χ0n) is 17.1. The third kappa shape index (κ3) is 3.84. The number of benzene rings is 1. The van der Waals surface area contributed by atoms with Gasteiger partial charge >= 0.3 is 0 Å². The lowest BCUT2D eigenvalue weighted by Gasteiger charge is -2.57. The topological polar surface area (TPSA) is 80.3 Å². The van der Waals surface area contributed by atoms with Crippen LogP contribution in [0.2, 0.25) is 5.02 Å². The molecule has 0 spiro atoms. The maximum Gasteiger partial charge on any atom is 0.263 e. The van der Waals surface area contributed by atoms with Crippen LogP contribution in [-0.4, -0.2) is 42.6 Å². The molecule has 6 nitrogen and oxygen atoms in total. The molecule has 2 N–H and O–H groups in total. The van der Waals surface area contributed by atoms with Crippen molar-refractivity contribution in [2.24, 2.45) is 5.92 Å². The van der Waals surface area contributed by atoms with Crippen LogP contribution in [0.3, 0.4) is 0 Å². The number of halogens is 4. The van der Waals surface area contributed by atoms with Crippen LogP contribution in [0.25, 0.3) is 0 Å². The van der Waals surface area contributed by atoms with Crippen molar-refractivity contribution in [1.29, 1.82) is 0 Å². The number of nitrogens with one attached hydrogen (secondary N) is 2. The minimum absolute atomic E-state index is 0.00625. The molecule has 170 valence electrons. The molecule has 0 bridgehead atoms. The number of piperazine rings is 1. The van der Waals surface area contributed by atoms with Crippen molar-refractivity contribution in [2.75, 3.05) is 13.7 Å². The Labute approximate surface area is 187 Å². The van der Waals surface area contributed by atoms with Gasteiger partial charge < -0.3 is 15.4 Å². The molecule has 1 aromatic carbocycles. The molecule has 10 heteroatoms. The van der Waals surface area contributed by atoms with E-state index in [0.717, 1.165) is 6.07 Å². The first-order valence-electron chi connectivity index (χ1n) is 10.0. The van der Waals surface area contributed by atoms with Gasteiger partial charge in [-0.15, -0.1) is 0 Å². The summed E-state index contributed by atoms with van der Waals surface area (Å²) >= 11 is 5.89. The monoisotopic (exact) mass is 467 g/mol. The highest BCUT2D eigenvalue weighted by molar-refractivity contribution is 6.30. The first kappa shape index (κ1) is 22.5. The lowest BCUT2D eigenvalue weighted by Crippen LogP contribution is -2.73. The summed E-state index contributed by atoms with van der Waals surface area (Å²) in [5, 5.41) is 5.33. The van der Waals surface area contributed by atoms with E-state index in [4.69, 9.17) is 16.3 Å². The van der Waals surface area contributed by atoms with Gasteiger partial charge in [0.2, 0.25) is 11.8 Å². The zero-order chi connectivity index (χ0) is 23.0. The van der Waals surface area contributed by atoms with Crippen molar-refractivity contribution in [3.63, 3.8) is 0 Å². The molecule has 1 saturated heterocycles. The molecule has 2 amide bonds. The number of amides is 2. The van der Waals surface area contributed by atoms with E-state index in [0.29, 0.717) is 12.0 Å². The van der Waals surface area contributed by atoms with Gasteiger partial charge in [-0.3, -0.25) is 14.6 Å². The van der Waals surface area contributed by atoms with E-state index in [1.807, 2.05) is 0 Å². The van der Waals surface area contributed by atoms with Gasteiger partial charge in [-0.25, -0.2) is 13.2 Å². The fourth-order valence-corrected chi connectivity index (χ4v) is 4.96. The molecule has 1 aliphatic heterocycles. The van der Waals surface area contributed by atoms with Gasteiger partial charge in [-0.2, -0.15) is 0 Å². The second-order valence-electron chi connectivity index (χ2n) is 8.07. The normalized spacial score (nSPS) is 27.6. The highest BCUT2D eigenvalue weighted by Gasteiger charge is 2.63. The number of alkyl halides is 2. The van der Waals surface area contributed by atoms with Crippen LogP contribution in [-0.2, 0) is 26.2 Å². The predicted molar refractivity (Wildman–Crippen MR) is 110 cm³/mol. The summed E-state index contributed by atoms with van der Waals surface area (Å²) in [7, 11) is 1.51. The van der Waals surface area contributed by atoms with Gasteiger partial charge in [0.1, 0.15) is 11.9 Å². The molecule has 2 heterocycles. The summed E-state index contributed by atoms with van der Waals surface area (Å²) in [6, 6.07) is 5.84. The summed E-state index contributed by atoms with van der Waals surface area (Å²) < 4.78 is 46.6. The lowest BCUT2D eigenvalue weighted by atomic mass is 9.50. The first-order chi connectivity index (χ1) is 15.3. The molecule has 4 rings (SSSR count). The van der Waals surface area contributed by atoms with Gasteiger partial charge in [0.25, 0.3) is 6.43 Å². The number of methoxy groups -OCH3 is 1. The number of hydrogen-bond acceptors (Lipinski definition) is 4. The third-order valence-corrected chi connectivity index (χ3v) is 6.60. The molecule has 1 aromatic heterocycles. The van der Waals surface area contributed by atoms with Crippen LogP contribution >= 0.6 is 11.6 Å². The van der Waals surface area contributed by atoms with E-state index < -0.39 is 41.4 Å². The number of pyridine rings is 1. The van der Waals surface area contributed by atoms with Crippen molar-refractivity contribution >= 4 is 23.4 Å². The van der Waals surface area contributed by atoms with E-state index in [9.17, 15) is 18.4 Å². The molecular formula is C22H21ClF3N3O3.